The van der Waals surface area contributed by atoms with Gasteiger partial charge in [-0.15, -0.1) is 0 Å². The Kier molecular flexibility index (Phi) is 8.08. The largest absolute Gasteiger partial charge is 0.480 e. The maximum atomic E-state index is 11.1. The second-order valence-electron chi connectivity index (χ2n) is 3.88. The first-order valence-corrected chi connectivity index (χ1v) is 5.43. The van der Waals surface area contributed by atoms with Crippen molar-refractivity contribution in [1.82, 2.24) is 15.5 Å². The van der Waals surface area contributed by atoms with Gasteiger partial charge in [0.25, 0.3) is 0 Å². The molecule has 7 heteroatoms. The van der Waals surface area contributed by atoms with Gasteiger partial charge in [0.05, 0.1) is 13.2 Å². The first kappa shape index (κ1) is 15.7. The molecule has 2 amide bonds. The van der Waals surface area contributed by atoms with Crippen LogP contribution >= 0.6 is 0 Å². The molecule has 100 valence electrons. The van der Waals surface area contributed by atoms with Gasteiger partial charge in [0.1, 0.15) is 6.04 Å². The Balaban J connectivity index is 3.43. The third kappa shape index (κ3) is 9.58. The lowest BCUT2D eigenvalue weighted by Gasteiger charge is -2.12. The summed E-state index contributed by atoms with van der Waals surface area (Å²) in [5.41, 5.74) is 0. The van der Waals surface area contributed by atoms with Crippen molar-refractivity contribution < 1.29 is 19.4 Å². The number of likely N-dealkylation sites (N-methyl/N-ethyl adjacent to an activating group) is 1. The molecule has 7 nitrogen and oxygen atoms in total. The van der Waals surface area contributed by atoms with Gasteiger partial charge in [-0.05, 0) is 21.0 Å². The van der Waals surface area contributed by atoms with Crippen LogP contribution in [0.3, 0.4) is 0 Å². The van der Waals surface area contributed by atoms with Gasteiger partial charge in [-0.3, -0.25) is 4.79 Å². The smallest absolute Gasteiger partial charge is 0.325 e. The monoisotopic (exact) mass is 247 g/mol. The van der Waals surface area contributed by atoms with E-state index in [-0.39, 0.29) is 0 Å². The number of carbonyl (C=O) groups excluding carboxylic acids is 1. The fourth-order valence-corrected chi connectivity index (χ4v) is 0.895. The molecule has 1 atom stereocenters. The molecule has 0 aromatic heterocycles. The lowest BCUT2D eigenvalue weighted by molar-refractivity contribution is -0.138. The zero-order valence-electron chi connectivity index (χ0n) is 10.5. The lowest BCUT2D eigenvalue weighted by atomic mass is 10.3. The minimum atomic E-state index is -1.07. The number of hydrogen-bond acceptors (Lipinski definition) is 4. The van der Waals surface area contributed by atoms with Crippen molar-refractivity contribution in [2.24, 2.45) is 0 Å². The number of urea groups is 1. The number of rotatable bonds is 8. The molecular formula is C10H21N3O4. The van der Waals surface area contributed by atoms with Crippen LogP contribution in [0.15, 0.2) is 0 Å². The zero-order valence-corrected chi connectivity index (χ0v) is 10.5. The molecule has 0 rings (SSSR count). The van der Waals surface area contributed by atoms with Crippen LogP contribution in [-0.4, -0.2) is 68.4 Å². The molecule has 0 saturated heterocycles. The summed E-state index contributed by atoms with van der Waals surface area (Å²) < 4.78 is 5.25. The SMILES string of the molecule is C[C@@H](NC(=O)NCCOCCN(C)C)C(=O)O. The van der Waals surface area contributed by atoms with Crippen molar-refractivity contribution in [3.05, 3.63) is 0 Å². The molecule has 0 bridgehead atoms. The summed E-state index contributed by atoms with van der Waals surface area (Å²) >= 11 is 0. The van der Waals surface area contributed by atoms with E-state index in [2.05, 4.69) is 10.6 Å². The average molecular weight is 247 g/mol. The highest BCUT2D eigenvalue weighted by Crippen LogP contribution is 1.81. The molecule has 0 spiro atoms. The molecule has 0 aliphatic heterocycles. The van der Waals surface area contributed by atoms with Gasteiger partial charge in [-0.2, -0.15) is 0 Å². The number of hydrogen-bond donors (Lipinski definition) is 3. The van der Waals surface area contributed by atoms with Crippen LogP contribution in [0.2, 0.25) is 0 Å². The van der Waals surface area contributed by atoms with Crippen LogP contribution in [0, 0.1) is 0 Å². The molecule has 0 heterocycles. The number of nitrogens with zero attached hydrogens (tertiary/aromatic N) is 1. The molecule has 0 saturated carbocycles. The number of amides is 2. The fourth-order valence-electron chi connectivity index (χ4n) is 0.895. The summed E-state index contributed by atoms with van der Waals surface area (Å²) in [7, 11) is 3.89. The molecular weight excluding hydrogens is 226 g/mol. The molecule has 0 aliphatic rings. The Hall–Kier alpha value is -1.34. The first-order valence-electron chi connectivity index (χ1n) is 5.43. The molecule has 0 unspecified atom stereocenters. The van der Waals surface area contributed by atoms with Crippen LogP contribution in [0.1, 0.15) is 6.92 Å². The number of ether oxygens (including phenoxy) is 1. The van der Waals surface area contributed by atoms with Gasteiger partial charge in [0, 0.05) is 13.1 Å². The highest BCUT2D eigenvalue weighted by molar-refractivity contribution is 5.82. The third-order valence-corrected chi connectivity index (χ3v) is 1.93. The van der Waals surface area contributed by atoms with E-state index in [0.717, 1.165) is 6.54 Å². The van der Waals surface area contributed by atoms with Crippen LogP contribution in [-0.2, 0) is 9.53 Å². The maximum Gasteiger partial charge on any atom is 0.325 e. The quantitative estimate of drug-likeness (QED) is 0.495. The van der Waals surface area contributed by atoms with Crippen LogP contribution in [0.4, 0.5) is 4.79 Å². The van der Waals surface area contributed by atoms with Crippen molar-refractivity contribution in [3.63, 3.8) is 0 Å². The summed E-state index contributed by atoms with van der Waals surface area (Å²) in [6, 6.07) is -1.40. The highest BCUT2D eigenvalue weighted by Gasteiger charge is 2.12. The minimum absolute atomic E-state index is 0.353. The highest BCUT2D eigenvalue weighted by atomic mass is 16.5. The average Bonchev–Trinajstić information content (AvgIpc) is 2.22. The van der Waals surface area contributed by atoms with E-state index in [4.69, 9.17) is 9.84 Å². The predicted octanol–water partition coefficient (Wildman–Crippen LogP) is -0.663. The Morgan fingerprint density at radius 1 is 1.35 bits per heavy atom. The second kappa shape index (κ2) is 8.77. The Bertz CT molecular complexity index is 246. The summed E-state index contributed by atoms with van der Waals surface area (Å²) in [6.07, 6.45) is 0. The van der Waals surface area contributed by atoms with E-state index in [1.54, 1.807) is 0 Å². The molecule has 0 radical (unpaired) electrons. The number of carbonyl (C=O) groups is 2. The van der Waals surface area contributed by atoms with E-state index >= 15 is 0 Å². The van der Waals surface area contributed by atoms with Gasteiger partial charge in [-0.25, -0.2) is 4.79 Å². The summed E-state index contributed by atoms with van der Waals surface area (Å²) in [5, 5.41) is 13.3. The normalized spacial score (nSPS) is 12.2. The van der Waals surface area contributed by atoms with Crippen molar-refractivity contribution in [1.29, 1.82) is 0 Å². The van der Waals surface area contributed by atoms with Crippen molar-refractivity contribution in [2.75, 3.05) is 40.4 Å². The number of carboxylic acid groups (broad SMARTS) is 1. The van der Waals surface area contributed by atoms with Gasteiger partial charge < -0.3 is 25.4 Å². The first-order chi connectivity index (χ1) is 7.93. The maximum absolute atomic E-state index is 11.1. The number of aliphatic carboxylic acids is 1. The lowest BCUT2D eigenvalue weighted by Crippen LogP contribution is -2.45. The summed E-state index contributed by atoms with van der Waals surface area (Å²) in [5.74, 6) is -1.07. The van der Waals surface area contributed by atoms with Crippen LogP contribution in [0.25, 0.3) is 0 Å². The van der Waals surface area contributed by atoms with Gasteiger partial charge >= 0.3 is 12.0 Å². The van der Waals surface area contributed by atoms with Crippen LogP contribution < -0.4 is 10.6 Å². The molecule has 0 aromatic rings. The van der Waals surface area contributed by atoms with E-state index in [9.17, 15) is 9.59 Å². The van der Waals surface area contributed by atoms with E-state index in [1.807, 2.05) is 19.0 Å². The van der Waals surface area contributed by atoms with Crippen molar-refractivity contribution in [3.8, 4) is 0 Å². The third-order valence-electron chi connectivity index (χ3n) is 1.93. The molecule has 0 aromatic carbocycles. The van der Waals surface area contributed by atoms with Crippen LogP contribution in [0.5, 0.6) is 0 Å². The minimum Gasteiger partial charge on any atom is -0.480 e. The molecule has 0 fully saturated rings. The van der Waals surface area contributed by atoms with Crippen molar-refractivity contribution in [2.45, 2.75) is 13.0 Å². The van der Waals surface area contributed by atoms with Gasteiger partial charge in [0.15, 0.2) is 0 Å². The molecule has 17 heavy (non-hydrogen) atoms. The Labute approximate surface area is 101 Å². The van der Waals surface area contributed by atoms with Crippen molar-refractivity contribution >= 4 is 12.0 Å². The van der Waals surface area contributed by atoms with Gasteiger partial charge in [0.2, 0.25) is 0 Å². The van der Waals surface area contributed by atoms with E-state index in [1.165, 1.54) is 6.92 Å². The standard InChI is InChI=1S/C10H21N3O4/c1-8(9(14)15)12-10(16)11-4-6-17-7-5-13(2)3/h8H,4-7H2,1-3H3,(H,14,15)(H2,11,12,16)/t8-/m1/s1. The second-order valence-corrected chi connectivity index (χ2v) is 3.88. The fraction of sp³-hybridized carbons (Fsp3) is 0.800. The molecule has 3 N–H and O–H groups in total. The Morgan fingerprint density at radius 2 is 2.00 bits per heavy atom. The molecule has 0 aliphatic carbocycles. The Morgan fingerprint density at radius 3 is 2.53 bits per heavy atom. The number of carboxylic acids is 1. The predicted molar refractivity (Wildman–Crippen MR) is 63.0 cm³/mol. The summed E-state index contributed by atoms with van der Waals surface area (Å²) in [4.78, 5) is 23.6. The topological polar surface area (TPSA) is 90.9 Å². The van der Waals surface area contributed by atoms with E-state index in [0.29, 0.717) is 19.8 Å². The van der Waals surface area contributed by atoms with Gasteiger partial charge in [-0.1, -0.05) is 0 Å². The van der Waals surface area contributed by atoms with E-state index < -0.39 is 18.0 Å². The summed E-state index contributed by atoms with van der Waals surface area (Å²) in [6.45, 7) is 3.58. The number of nitrogens with one attached hydrogen (secondary N) is 2. The zero-order chi connectivity index (χ0) is 13.3.